The molecule has 0 saturated carbocycles. The Morgan fingerprint density at radius 2 is 1.79 bits per heavy atom. The molecule has 2 aromatic rings. The van der Waals surface area contributed by atoms with Crippen molar-refractivity contribution < 1.29 is 9.53 Å². The van der Waals surface area contributed by atoms with Crippen LogP contribution < -0.4 is 15.8 Å². The topological polar surface area (TPSA) is 76.5 Å². The lowest BCUT2D eigenvalue weighted by atomic mass is 10.1. The molecule has 0 unspecified atom stereocenters. The lowest BCUT2D eigenvalue weighted by Gasteiger charge is -2.22. The average Bonchev–Trinajstić information content (AvgIpc) is 3.15. The van der Waals surface area contributed by atoms with Crippen LogP contribution in [0.25, 0.3) is 0 Å². The van der Waals surface area contributed by atoms with Crippen LogP contribution in [0, 0.1) is 20.8 Å². The van der Waals surface area contributed by atoms with Crippen LogP contribution in [0.4, 0.5) is 11.6 Å². The standard InChI is InChI=1S/C21H28N4O3/c1-14-9-15(2)20(16(3)10-14)23-18(26)12-25-19(27)11-17(13-28-4)22-21(25)24-7-5-6-8-24/h9-11H,5-8,12-13H2,1-4H3,(H,23,26). The minimum atomic E-state index is -0.239. The molecule has 1 aliphatic heterocycles. The molecule has 0 bridgehead atoms. The summed E-state index contributed by atoms with van der Waals surface area (Å²) in [5.41, 5.74) is 4.31. The number of aryl methyl sites for hydroxylation is 3. The fraction of sp³-hybridized carbons (Fsp3) is 0.476. The number of amides is 1. The van der Waals surface area contributed by atoms with Gasteiger partial charge in [-0.25, -0.2) is 4.98 Å². The minimum Gasteiger partial charge on any atom is -0.378 e. The third-order valence-corrected chi connectivity index (χ3v) is 4.97. The highest BCUT2D eigenvalue weighted by Crippen LogP contribution is 2.22. The monoisotopic (exact) mass is 384 g/mol. The average molecular weight is 384 g/mol. The largest absolute Gasteiger partial charge is 0.378 e. The maximum absolute atomic E-state index is 12.8. The minimum absolute atomic E-state index is 0.0717. The number of hydrogen-bond donors (Lipinski definition) is 1. The Balaban J connectivity index is 1.88. The highest BCUT2D eigenvalue weighted by Gasteiger charge is 2.21. The van der Waals surface area contributed by atoms with E-state index in [0.29, 0.717) is 11.6 Å². The Labute approximate surface area is 165 Å². The van der Waals surface area contributed by atoms with Crippen LogP contribution in [0.2, 0.25) is 0 Å². The highest BCUT2D eigenvalue weighted by atomic mass is 16.5. The van der Waals surface area contributed by atoms with Gasteiger partial charge in [-0.3, -0.25) is 14.2 Å². The van der Waals surface area contributed by atoms with Crippen LogP contribution in [0.5, 0.6) is 0 Å². The Kier molecular flexibility index (Phi) is 6.14. The van der Waals surface area contributed by atoms with Crippen LogP contribution in [-0.4, -0.2) is 35.7 Å². The summed E-state index contributed by atoms with van der Waals surface area (Å²) in [6.07, 6.45) is 2.11. The molecule has 1 aromatic carbocycles. The van der Waals surface area contributed by atoms with Crippen molar-refractivity contribution in [3.63, 3.8) is 0 Å². The molecule has 0 atom stereocenters. The summed E-state index contributed by atoms with van der Waals surface area (Å²) in [5.74, 6) is 0.309. The molecule has 1 amide bonds. The molecule has 7 nitrogen and oxygen atoms in total. The van der Waals surface area contributed by atoms with E-state index in [2.05, 4.69) is 15.2 Å². The number of anilines is 2. The molecule has 0 spiro atoms. The summed E-state index contributed by atoms with van der Waals surface area (Å²) in [6.45, 7) is 7.84. The van der Waals surface area contributed by atoms with Gasteiger partial charge in [0.2, 0.25) is 11.9 Å². The first kappa shape index (κ1) is 20.1. The van der Waals surface area contributed by atoms with Crippen molar-refractivity contribution in [3.05, 3.63) is 50.9 Å². The molecule has 1 aliphatic rings. The SMILES string of the molecule is COCc1cc(=O)n(CC(=O)Nc2c(C)cc(C)cc2C)c(N2CCCC2)n1. The number of aromatic nitrogens is 2. The first-order valence-corrected chi connectivity index (χ1v) is 9.61. The molecule has 28 heavy (non-hydrogen) atoms. The van der Waals surface area contributed by atoms with E-state index in [-0.39, 0.29) is 24.6 Å². The van der Waals surface area contributed by atoms with Crippen LogP contribution in [0.1, 0.15) is 35.2 Å². The molecule has 2 heterocycles. The number of carbonyl (C=O) groups is 1. The Hall–Kier alpha value is -2.67. The molecule has 1 fully saturated rings. The summed E-state index contributed by atoms with van der Waals surface area (Å²) < 4.78 is 6.59. The second kappa shape index (κ2) is 8.56. The van der Waals surface area contributed by atoms with Crippen molar-refractivity contribution >= 4 is 17.5 Å². The fourth-order valence-corrected chi connectivity index (χ4v) is 3.77. The first-order valence-electron chi connectivity index (χ1n) is 9.61. The van der Waals surface area contributed by atoms with Gasteiger partial charge >= 0.3 is 0 Å². The van der Waals surface area contributed by atoms with Gasteiger partial charge < -0.3 is 15.0 Å². The molecular weight excluding hydrogens is 356 g/mol. The molecule has 0 radical (unpaired) electrons. The van der Waals surface area contributed by atoms with Crippen molar-refractivity contribution in [1.29, 1.82) is 0 Å². The number of nitrogens with one attached hydrogen (secondary N) is 1. The predicted octanol–water partition coefficient (Wildman–Crippen LogP) is 2.55. The maximum atomic E-state index is 12.8. The van der Waals surface area contributed by atoms with E-state index in [1.54, 1.807) is 7.11 Å². The Morgan fingerprint density at radius 3 is 2.39 bits per heavy atom. The first-order chi connectivity index (χ1) is 13.4. The van der Waals surface area contributed by atoms with Crippen molar-refractivity contribution in [2.24, 2.45) is 0 Å². The van der Waals surface area contributed by atoms with Crippen molar-refractivity contribution in [2.45, 2.75) is 46.8 Å². The molecule has 1 aromatic heterocycles. The van der Waals surface area contributed by atoms with Gasteiger partial charge in [0.1, 0.15) is 6.54 Å². The second-order valence-corrected chi connectivity index (χ2v) is 7.42. The van der Waals surface area contributed by atoms with E-state index in [4.69, 9.17) is 4.74 Å². The Bertz CT molecular complexity index is 907. The van der Waals surface area contributed by atoms with Gasteiger partial charge in [0.05, 0.1) is 12.3 Å². The lowest BCUT2D eigenvalue weighted by molar-refractivity contribution is -0.116. The zero-order valence-corrected chi connectivity index (χ0v) is 17.0. The summed E-state index contributed by atoms with van der Waals surface area (Å²) in [5, 5.41) is 2.97. The van der Waals surface area contributed by atoms with E-state index in [1.165, 1.54) is 10.6 Å². The molecular formula is C21H28N4O3. The zero-order chi connectivity index (χ0) is 20.3. The fourth-order valence-electron chi connectivity index (χ4n) is 3.77. The summed E-state index contributed by atoms with van der Waals surface area (Å²) >= 11 is 0. The van der Waals surface area contributed by atoms with E-state index >= 15 is 0 Å². The predicted molar refractivity (Wildman–Crippen MR) is 110 cm³/mol. The Morgan fingerprint density at radius 1 is 1.14 bits per heavy atom. The number of carbonyl (C=O) groups excluding carboxylic acids is 1. The van der Waals surface area contributed by atoms with Gasteiger partial charge in [0.25, 0.3) is 5.56 Å². The number of rotatable bonds is 6. The van der Waals surface area contributed by atoms with Crippen LogP contribution in [0.15, 0.2) is 23.0 Å². The highest BCUT2D eigenvalue weighted by molar-refractivity contribution is 5.92. The van der Waals surface area contributed by atoms with Crippen LogP contribution >= 0.6 is 0 Å². The van der Waals surface area contributed by atoms with Crippen LogP contribution in [-0.2, 0) is 22.7 Å². The van der Waals surface area contributed by atoms with E-state index in [9.17, 15) is 9.59 Å². The number of benzene rings is 1. The van der Waals surface area contributed by atoms with E-state index in [0.717, 1.165) is 48.3 Å². The molecule has 1 saturated heterocycles. The third kappa shape index (κ3) is 4.42. The van der Waals surface area contributed by atoms with Gasteiger partial charge in [0, 0.05) is 32.0 Å². The van der Waals surface area contributed by atoms with Crippen molar-refractivity contribution in [2.75, 3.05) is 30.4 Å². The lowest BCUT2D eigenvalue weighted by Crippen LogP contribution is -2.35. The van der Waals surface area contributed by atoms with Gasteiger partial charge in [-0.15, -0.1) is 0 Å². The van der Waals surface area contributed by atoms with Crippen molar-refractivity contribution in [3.8, 4) is 0 Å². The van der Waals surface area contributed by atoms with E-state index < -0.39 is 0 Å². The van der Waals surface area contributed by atoms with Gasteiger partial charge in [-0.05, 0) is 44.7 Å². The quantitative estimate of drug-likeness (QED) is 0.828. The molecule has 1 N–H and O–H groups in total. The molecule has 0 aliphatic carbocycles. The smallest absolute Gasteiger partial charge is 0.255 e. The summed E-state index contributed by atoms with van der Waals surface area (Å²) in [6, 6.07) is 5.51. The van der Waals surface area contributed by atoms with Gasteiger partial charge in [-0.1, -0.05) is 17.7 Å². The third-order valence-electron chi connectivity index (χ3n) is 4.97. The summed E-state index contributed by atoms with van der Waals surface area (Å²) in [4.78, 5) is 32.1. The maximum Gasteiger partial charge on any atom is 0.255 e. The number of hydrogen-bond acceptors (Lipinski definition) is 5. The number of nitrogens with zero attached hydrogens (tertiary/aromatic N) is 3. The van der Waals surface area contributed by atoms with Crippen LogP contribution in [0.3, 0.4) is 0 Å². The van der Waals surface area contributed by atoms with E-state index in [1.807, 2.05) is 32.9 Å². The number of ether oxygens (including phenoxy) is 1. The molecule has 150 valence electrons. The summed E-state index contributed by atoms with van der Waals surface area (Å²) in [7, 11) is 1.57. The number of methoxy groups -OCH3 is 1. The molecule has 7 heteroatoms. The molecule has 3 rings (SSSR count). The zero-order valence-electron chi connectivity index (χ0n) is 17.0. The van der Waals surface area contributed by atoms with Gasteiger partial charge in [0.15, 0.2) is 0 Å². The second-order valence-electron chi connectivity index (χ2n) is 7.42. The van der Waals surface area contributed by atoms with Gasteiger partial charge in [-0.2, -0.15) is 0 Å². The normalized spacial score (nSPS) is 13.8. The van der Waals surface area contributed by atoms with Crippen molar-refractivity contribution in [1.82, 2.24) is 9.55 Å².